The molecule has 1 aromatic carbocycles. The molecule has 0 aliphatic carbocycles. The van der Waals surface area contributed by atoms with Crippen molar-refractivity contribution in [2.45, 2.75) is 13.8 Å². The lowest BCUT2D eigenvalue weighted by molar-refractivity contribution is -0.118. The molecule has 3 N–H and O–H groups in total. The molecular formula is C18H21N5O3S. The lowest BCUT2D eigenvalue weighted by Crippen LogP contribution is -2.41. The van der Waals surface area contributed by atoms with Crippen molar-refractivity contribution in [2.75, 3.05) is 48.8 Å². The first-order valence-corrected chi connectivity index (χ1v) is 9.61. The summed E-state index contributed by atoms with van der Waals surface area (Å²) in [4.78, 5) is 31.2. The smallest absolute Gasteiger partial charge is 0.277 e. The fourth-order valence-corrected chi connectivity index (χ4v) is 3.95. The molecule has 8 nitrogen and oxygen atoms in total. The van der Waals surface area contributed by atoms with E-state index < -0.39 is 0 Å². The van der Waals surface area contributed by atoms with E-state index in [2.05, 4.69) is 20.9 Å². The van der Waals surface area contributed by atoms with Gasteiger partial charge in [-0.15, -0.1) is 0 Å². The van der Waals surface area contributed by atoms with Crippen LogP contribution < -0.4 is 16.0 Å². The van der Waals surface area contributed by atoms with Crippen molar-refractivity contribution in [3.05, 3.63) is 29.0 Å². The van der Waals surface area contributed by atoms with Crippen LogP contribution in [0.4, 0.5) is 21.5 Å². The van der Waals surface area contributed by atoms with E-state index in [1.165, 1.54) is 11.3 Å². The van der Waals surface area contributed by atoms with E-state index in [1.807, 2.05) is 30.9 Å². The maximum atomic E-state index is 12.5. The number of aromatic nitrogens is 1. The topological polar surface area (TPSA) is 95.6 Å². The van der Waals surface area contributed by atoms with Gasteiger partial charge >= 0.3 is 0 Å². The Hall–Kier alpha value is -2.49. The van der Waals surface area contributed by atoms with Crippen molar-refractivity contribution in [2.24, 2.45) is 0 Å². The number of rotatable bonds is 3. The van der Waals surface area contributed by atoms with Crippen LogP contribution in [0.25, 0.3) is 0 Å². The number of nitrogens with one attached hydrogen (secondary N) is 3. The number of ether oxygens (including phenoxy) is 1. The lowest BCUT2D eigenvalue weighted by Gasteiger charge is -2.25. The molecule has 0 radical (unpaired) electrons. The maximum Gasteiger partial charge on any atom is 0.277 e. The molecule has 0 saturated carbocycles. The number of hydrogen-bond acceptors (Lipinski definition) is 7. The normalized spacial score (nSPS) is 16.6. The average molecular weight is 387 g/mol. The highest BCUT2D eigenvalue weighted by Crippen LogP contribution is 2.38. The van der Waals surface area contributed by atoms with Crippen LogP contribution >= 0.6 is 11.3 Å². The quantitative estimate of drug-likeness (QED) is 0.748. The van der Waals surface area contributed by atoms with Crippen molar-refractivity contribution in [1.82, 2.24) is 9.88 Å². The molecular weight excluding hydrogens is 366 g/mol. The predicted molar refractivity (Wildman–Crippen MR) is 105 cm³/mol. The molecule has 1 saturated heterocycles. The number of carbonyl (C=O) groups excluding carboxylic acids is 2. The first kappa shape index (κ1) is 17.9. The molecule has 2 aromatic rings. The van der Waals surface area contributed by atoms with Crippen LogP contribution in [-0.4, -0.2) is 54.5 Å². The molecule has 2 aliphatic heterocycles. The Labute approximate surface area is 160 Å². The molecule has 27 heavy (non-hydrogen) atoms. The average Bonchev–Trinajstić information content (AvgIpc) is 2.97. The number of thiazole rings is 1. The van der Waals surface area contributed by atoms with Crippen LogP contribution in [-0.2, 0) is 9.53 Å². The number of hydrogen-bond donors (Lipinski definition) is 3. The number of aryl methyl sites for hydroxylation is 2. The highest BCUT2D eigenvalue weighted by Gasteiger charge is 2.25. The summed E-state index contributed by atoms with van der Waals surface area (Å²) in [7, 11) is 0. The Morgan fingerprint density at radius 2 is 1.89 bits per heavy atom. The fourth-order valence-electron chi connectivity index (χ4n) is 3.06. The van der Waals surface area contributed by atoms with Crippen molar-refractivity contribution < 1.29 is 14.3 Å². The second-order valence-corrected chi connectivity index (χ2v) is 7.69. The highest BCUT2D eigenvalue weighted by molar-refractivity contribution is 7.20. The summed E-state index contributed by atoms with van der Waals surface area (Å²) in [6.45, 7) is 7.07. The largest absolute Gasteiger partial charge is 0.379 e. The van der Waals surface area contributed by atoms with Gasteiger partial charge in [-0.1, -0.05) is 11.3 Å². The van der Waals surface area contributed by atoms with Crippen LogP contribution in [0.5, 0.6) is 0 Å². The maximum absolute atomic E-state index is 12.5. The Balaban J connectivity index is 1.51. The highest BCUT2D eigenvalue weighted by atomic mass is 32.1. The van der Waals surface area contributed by atoms with Crippen molar-refractivity contribution in [3.8, 4) is 0 Å². The second kappa shape index (κ2) is 7.26. The van der Waals surface area contributed by atoms with Gasteiger partial charge in [0.1, 0.15) is 5.00 Å². The van der Waals surface area contributed by atoms with Gasteiger partial charge in [-0.05, 0) is 37.1 Å². The molecule has 0 spiro atoms. The van der Waals surface area contributed by atoms with Crippen molar-refractivity contribution in [1.29, 1.82) is 0 Å². The summed E-state index contributed by atoms with van der Waals surface area (Å²) in [5, 5.41) is 9.99. The van der Waals surface area contributed by atoms with Gasteiger partial charge in [0, 0.05) is 13.1 Å². The number of nitrogens with zero attached hydrogens (tertiary/aromatic N) is 2. The van der Waals surface area contributed by atoms with E-state index in [0.29, 0.717) is 23.3 Å². The summed E-state index contributed by atoms with van der Waals surface area (Å²) >= 11 is 1.26. The van der Waals surface area contributed by atoms with Crippen LogP contribution in [0, 0.1) is 13.8 Å². The van der Waals surface area contributed by atoms with Gasteiger partial charge in [0.05, 0.1) is 31.1 Å². The van der Waals surface area contributed by atoms with Gasteiger partial charge in [0.25, 0.3) is 5.91 Å². The molecule has 1 aromatic heterocycles. The van der Waals surface area contributed by atoms with E-state index in [9.17, 15) is 9.59 Å². The van der Waals surface area contributed by atoms with E-state index in [1.54, 1.807) is 0 Å². The number of benzene rings is 1. The number of anilines is 4. The molecule has 9 heteroatoms. The van der Waals surface area contributed by atoms with E-state index in [0.717, 1.165) is 35.6 Å². The van der Waals surface area contributed by atoms with Crippen LogP contribution in [0.3, 0.4) is 0 Å². The van der Waals surface area contributed by atoms with E-state index in [4.69, 9.17) is 4.74 Å². The lowest BCUT2D eigenvalue weighted by atomic mass is 10.1. The standard InChI is InChI=1S/C18H21N5O3S/c1-10-7-12-13(8-11(10)2)20-17-15(16(25)19-12)22-18(27-17)21-14(24)9-23-3-5-26-6-4-23/h7-8,20H,3-6,9H2,1-2H3,(H,19,25)(H,21,22,24). The number of carbonyl (C=O) groups is 2. The summed E-state index contributed by atoms with van der Waals surface area (Å²) < 4.78 is 5.29. The third-order valence-corrected chi connectivity index (χ3v) is 5.58. The monoisotopic (exact) mass is 387 g/mol. The molecule has 0 bridgehead atoms. The van der Waals surface area contributed by atoms with Gasteiger partial charge in [0.2, 0.25) is 5.91 Å². The molecule has 142 valence electrons. The van der Waals surface area contributed by atoms with Gasteiger partial charge in [-0.3, -0.25) is 14.5 Å². The molecule has 1 fully saturated rings. The molecule has 0 atom stereocenters. The van der Waals surface area contributed by atoms with Gasteiger partial charge in [-0.25, -0.2) is 4.98 Å². The van der Waals surface area contributed by atoms with Gasteiger partial charge < -0.3 is 20.7 Å². The van der Waals surface area contributed by atoms with Crippen LogP contribution in [0.1, 0.15) is 21.6 Å². The van der Waals surface area contributed by atoms with Crippen LogP contribution in [0.15, 0.2) is 12.1 Å². The second-order valence-electron chi connectivity index (χ2n) is 6.69. The summed E-state index contributed by atoms with van der Waals surface area (Å²) in [5.41, 5.74) is 4.06. The third-order valence-electron chi connectivity index (χ3n) is 4.69. The Kier molecular flexibility index (Phi) is 4.81. The Morgan fingerprint density at radius 1 is 1.22 bits per heavy atom. The first-order valence-electron chi connectivity index (χ1n) is 8.80. The minimum atomic E-state index is -0.288. The molecule has 3 heterocycles. The predicted octanol–water partition coefficient (Wildman–Crippen LogP) is 2.34. The van der Waals surface area contributed by atoms with E-state index >= 15 is 0 Å². The zero-order valence-corrected chi connectivity index (χ0v) is 16.0. The molecule has 2 amide bonds. The van der Waals surface area contributed by atoms with Gasteiger partial charge in [0.15, 0.2) is 10.8 Å². The molecule has 2 aliphatic rings. The SMILES string of the molecule is Cc1cc2c(cc1C)Nc1sc(NC(=O)CN3CCOCC3)nc1C(=O)N2. The zero-order valence-electron chi connectivity index (χ0n) is 15.2. The Bertz CT molecular complexity index is 905. The zero-order chi connectivity index (χ0) is 19.0. The van der Waals surface area contributed by atoms with Crippen molar-refractivity contribution >= 4 is 44.7 Å². The Morgan fingerprint density at radius 3 is 2.59 bits per heavy atom. The number of morpholine rings is 1. The number of amides is 2. The third kappa shape index (κ3) is 3.80. The minimum Gasteiger partial charge on any atom is -0.379 e. The fraction of sp³-hybridized carbons (Fsp3) is 0.389. The first-order chi connectivity index (χ1) is 13.0. The summed E-state index contributed by atoms with van der Waals surface area (Å²) in [6.07, 6.45) is 0. The number of fused-ring (bicyclic) bond motifs is 2. The van der Waals surface area contributed by atoms with Crippen LogP contribution in [0.2, 0.25) is 0 Å². The summed E-state index contributed by atoms with van der Waals surface area (Å²) in [5.74, 6) is -0.433. The van der Waals surface area contributed by atoms with Gasteiger partial charge in [-0.2, -0.15) is 0 Å². The minimum absolute atomic E-state index is 0.145. The van der Waals surface area contributed by atoms with E-state index in [-0.39, 0.29) is 24.1 Å². The molecule has 0 unspecified atom stereocenters. The molecule has 4 rings (SSSR count). The summed E-state index contributed by atoms with van der Waals surface area (Å²) in [6, 6.07) is 3.94. The van der Waals surface area contributed by atoms with Crippen molar-refractivity contribution in [3.63, 3.8) is 0 Å².